The largest absolute Gasteiger partial charge is 0.495 e. The Morgan fingerprint density at radius 3 is 2.13 bits per heavy atom. The second-order valence-corrected chi connectivity index (χ2v) is 11.3. The first kappa shape index (κ1) is 29.0. The number of para-hydroxylation sites is 2. The molecular formula is C28H32ClN3O5S. The third kappa shape index (κ3) is 7.05. The van der Waals surface area contributed by atoms with Crippen LogP contribution in [0.5, 0.6) is 5.75 Å². The van der Waals surface area contributed by atoms with E-state index in [1.807, 2.05) is 13.8 Å². The van der Waals surface area contributed by atoms with Gasteiger partial charge in [0.25, 0.3) is 10.0 Å². The Labute approximate surface area is 229 Å². The van der Waals surface area contributed by atoms with E-state index in [9.17, 15) is 18.0 Å². The minimum Gasteiger partial charge on any atom is -0.495 e. The molecule has 3 aromatic rings. The molecule has 0 aliphatic rings. The van der Waals surface area contributed by atoms with Gasteiger partial charge < -0.3 is 15.0 Å². The molecule has 202 valence electrons. The van der Waals surface area contributed by atoms with Crippen LogP contribution in [-0.4, -0.2) is 50.9 Å². The summed E-state index contributed by atoms with van der Waals surface area (Å²) >= 11 is 6.02. The minimum absolute atomic E-state index is 0.0218. The van der Waals surface area contributed by atoms with Gasteiger partial charge >= 0.3 is 0 Å². The van der Waals surface area contributed by atoms with Gasteiger partial charge in [-0.1, -0.05) is 54.1 Å². The van der Waals surface area contributed by atoms with Crippen LogP contribution < -0.4 is 14.4 Å². The summed E-state index contributed by atoms with van der Waals surface area (Å²) in [5, 5.41) is 3.36. The van der Waals surface area contributed by atoms with Crippen LogP contribution in [0.25, 0.3) is 0 Å². The van der Waals surface area contributed by atoms with Gasteiger partial charge in [-0.05, 0) is 62.7 Å². The Balaban J connectivity index is 2.05. The molecule has 1 atom stereocenters. The lowest BCUT2D eigenvalue weighted by Crippen LogP contribution is -2.52. The van der Waals surface area contributed by atoms with E-state index in [0.717, 1.165) is 9.87 Å². The van der Waals surface area contributed by atoms with Gasteiger partial charge in [-0.2, -0.15) is 0 Å². The quantitative estimate of drug-likeness (QED) is 0.375. The molecule has 0 radical (unpaired) electrons. The molecule has 38 heavy (non-hydrogen) atoms. The molecule has 0 saturated carbocycles. The minimum atomic E-state index is -4.17. The number of methoxy groups -OCH3 is 1. The Bertz CT molecular complexity index is 1350. The molecule has 3 aromatic carbocycles. The first-order valence-corrected chi connectivity index (χ1v) is 13.9. The summed E-state index contributed by atoms with van der Waals surface area (Å²) in [5.74, 6) is -0.622. The Kier molecular flexibility index (Phi) is 9.77. The van der Waals surface area contributed by atoms with E-state index >= 15 is 0 Å². The van der Waals surface area contributed by atoms with E-state index in [1.54, 1.807) is 73.7 Å². The van der Waals surface area contributed by atoms with Gasteiger partial charge in [0.15, 0.2) is 0 Å². The number of hydrogen-bond donors (Lipinski definition) is 1. The molecule has 0 heterocycles. The number of sulfonamides is 1. The number of ether oxygens (including phenoxy) is 1. The average Bonchev–Trinajstić information content (AvgIpc) is 2.90. The summed E-state index contributed by atoms with van der Waals surface area (Å²) in [6, 6.07) is 20.3. The predicted molar refractivity (Wildman–Crippen MR) is 149 cm³/mol. The van der Waals surface area contributed by atoms with Crippen LogP contribution in [0.3, 0.4) is 0 Å². The zero-order valence-corrected chi connectivity index (χ0v) is 23.4. The van der Waals surface area contributed by atoms with Crippen molar-refractivity contribution in [2.24, 2.45) is 0 Å². The summed E-state index contributed by atoms with van der Waals surface area (Å²) in [5.41, 5.74) is 0.944. The van der Waals surface area contributed by atoms with E-state index in [-0.39, 0.29) is 34.8 Å². The third-order valence-corrected chi connectivity index (χ3v) is 7.85. The lowest BCUT2D eigenvalue weighted by atomic mass is 10.1. The van der Waals surface area contributed by atoms with Crippen LogP contribution in [0.2, 0.25) is 5.02 Å². The highest BCUT2D eigenvalue weighted by Gasteiger charge is 2.33. The highest BCUT2D eigenvalue weighted by Crippen LogP contribution is 2.32. The van der Waals surface area contributed by atoms with Crippen molar-refractivity contribution >= 4 is 39.1 Å². The summed E-state index contributed by atoms with van der Waals surface area (Å²) in [6.07, 6.45) is 0. The van der Waals surface area contributed by atoms with Gasteiger partial charge in [0.2, 0.25) is 11.8 Å². The molecule has 0 fully saturated rings. The van der Waals surface area contributed by atoms with Gasteiger partial charge in [0.05, 0.1) is 17.7 Å². The van der Waals surface area contributed by atoms with E-state index in [4.69, 9.17) is 16.3 Å². The van der Waals surface area contributed by atoms with E-state index in [0.29, 0.717) is 5.02 Å². The second-order valence-electron chi connectivity index (χ2n) is 8.98. The molecule has 0 aliphatic heterocycles. The third-order valence-electron chi connectivity index (χ3n) is 5.83. The van der Waals surface area contributed by atoms with Crippen LogP contribution in [0, 0.1) is 0 Å². The summed E-state index contributed by atoms with van der Waals surface area (Å²) < 4.78 is 34.1. The lowest BCUT2D eigenvalue weighted by Gasteiger charge is -2.32. The summed E-state index contributed by atoms with van der Waals surface area (Å²) in [7, 11) is -2.74. The van der Waals surface area contributed by atoms with Crippen molar-refractivity contribution in [1.29, 1.82) is 0 Å². The maximum Gasteiger partial charge on any atom is 0.264 e. The number of carbonyl (C=O) groups excluding carboxylic acids is 2. The number of nitrogens with one attached hydrogen (secondary N) is 1. The summed E-state index contributed by atoms with van der Waals surface area (Å²) in [6.45, 7) is 4.79. The topological polar surface area (TPSA) is 96.0 Å². The van der Waals surface area contributed by atoms with Gasteiger partial charge in [0, 0.05) is 17.6 Å². The molecule has 0 spiro atoms. The molecule has 3 rings (SSSR count). The van der Waals surface area contributed by atoms with Gasteiger partial charge in [0.1, 0.15) is 18.3 Å². The first-order valence-electron chi connectivity index (χ1n) is 12.1. The predicted octanol–water partition coefficient (Wildman–Crippen LogP) is 4.49. The maximum absolute atomic E-state index is 13.9. The monoisotopic (exact) mass is 557 g/mol. The molecule has 0 unspecified atom stereocenters. The normalized spacial score (nSPS) is 12.1. The van der Waals surface area contributed by atoms with E-state index < -0.39 is 28.5 Å². The van der Waals surface area contributed by atoms with Crippen molar-refractivity contribution in [3.8, 4) is 5.75 Å². The zero-order valence-electron chi connectivity index (χ0n) is 21.8. The maximum atomic E-state index is 13.9. The smallest absolute Gasteiger partial charge is 0.264 e. The fourth-order valence-electron chi connectivity index (χ4n) is 3.84. The number of hydrogen-bond acceptors (Lipinski definition) is 5. The molecule has 0 saturated heterocycles. The van der Waals surface area contributed by atoms with Gasteiger partial charge in [-0.25, -0.2) is 8.42 Å². The van der Waals surface area contributed by atoms with Crippen LogP contribution in [0.15, 0.2) is 83.8 Å². The standard InChI is InChI=1S/C28H32ClN3O5S/c1-20(2)30-28(34)21(3)31(18-22-14-16-23(29)17-15-22)27(33)19-32(25-12-8-9-13-26(25)37-4)38(35,36)24-10-6-5-7-11-24/h5-17,20-21H,18-19H2,1-4H3,(H,30,34)/t21-/m1/s1. The first-order chi connectivity index (χ1) is 18.0. The number of rotatable bonds is 11. The Morgan fingerprint density at radius 2 is 1.53 bits per heavy atom. The van der Waals surface area contributed by atoms with Crippen molar-refractivity contribution in [2.75, 3.05) is 18.0 Å². The number of halogens is 1. The molecular weight excluding hydrogens is 526 g/mol. The van der Waals surface area contributed by atoms with Gasteiger partial charge in [-0.15, -0.1) is 0 Å². The molecule has 8 nitrogen and oxygen atoms in total. The number of carbonyl (C=O) groups is 2. The summed E-state index contributed by atoms with van der Waals surface area (Å²) in [4.78, 5) is 28.2. The number of anilines is 1. The number of amides is 2. The number of nitrogens with zero attached hydrogens (tertiary/aromatic N) is 2. The molecule has 0 aromatic heterocycles. The fourth-order valence-corrected chi connectivity index (χ4v) is 5.41. The Morgan fingerprint density at radius 1 is 0.921 bits per heavy atom. The van der Waals surface area contributed by atoms with Crippen LogP contribution in [0.4, 0.5) is 5.69 Å². The zero-order chi connectivity index (χ0) is 27.9. The van der Waals surface area contributed by atoms with E-state index in [2.05, 4.69) is 5.32 Å². The Hall–Kier alpha value is -3.56. The van der Waals surface area contributed by atoms with Crippen LogP contribution >= 0.6 is 11.6 Å². The van der Waals surface area contributed by atoms with Crippen molar-refractivity contribution in [3.05, 3.63) is 89.4 Å². The van der Waals surface area contributed by atoms with Gasteiger partial charge in [-0.3, -0.25) is 13.9 Å². The molecule has 10 heteroatoms. The molecule has 0 aliphatic carbocycles. The van der Waals surface area contributed by atoms with Crippen molar-refractivity contribution < 1.29 is 22.7 Å². The average molecular weight is 558 g/mol. The highest BCUT2D eigenvalue weighted by molar-refractivity contribution is 7.92. The SMILES string of the molecule is COc1ccccc1N(CC(=O)N(Cc1ccc(Cl)cc1)[C@H](C)C(=O)NC(C)C)S(=O)(=O)c1ccccc1. The fraction of sp³-hybridized carbons (Fsp3) is 0.286. The van der Waals surface area contributed by atoms with Crippen molar-refractivity contribution in [2.45, 2.75) is 44.3 Å². The van der Waals surface area contributed by atoms with Crippen LogP contribution in [-0.2, 0) is 26.2 Å². The highest BCUT2D eigenvalue weighted by atomic mass is 35.5. The molecule has 1 N–H and O–H groups in total. The van der Waals surface area contributed by atoms with Crippen molar-refractivity contribution in [1.82, 2.24) is 10.2 Å². The lowest BCUT2D eigenvalue weighted by molar-refractivity contribution is -0.139. The van der Waals surface area contributed by atoms with Crippen molar-refractivity contribution in [3.63, 3.8) is 0 Å². The second kappa shape index (κ2) is 12.8. The van der Waals surface area contributed by atoms with E-state index in [1.165, 1.54) is 24.1 Å². The number of benzene rings is 3. The molecule has 0 bridgehead atoms. The van der Waals surface area contributed by atoms with Crippen LogP contribution in [0.1, 0.15) is 26.3 Å². The molecule has 2 amide bonds.